The highest BCUT2D eigenvalue weighted by Gasteiger charge is 2.24. The number of amides is 2. The fraction of sp³-hybridized carbons (Fsp3) is 0.348. The van der Waals surface area contributed by atoms with E-state index in [1.165, 1.54) is 17.4 Å². The molecule has 0 saturated carbocycles. The summed E-state index contributed by atoms with van der Waals surface area (Å²) in [5, 5.41) is 7.65. The number of esters is 1. The van der Waals surface area contributed by atoms with Gasteiger partial charge in [0.2, 0.25) is 5.91 Å². The van der Waals surface area contributed by atoms with Crippen LogP contribution < -0.4 is 10.6 Å². The molecule has 2 heterocycles. The molecule has 1 aliphatic heterocycles. The average molecular weight is 443 g/mol. The van der Waals surface area contributed by atoms with Gasteiger partial charge in [-0.25, -0.2) is 4.79 Å². The number of carbonyl (C=O) groups is 3. The maximum Gasteiger partial charge on any atom is 0.342 e. The fourth-order valence-corrected chi connectivity index (χ4v) is 4.14. The molecule has 1 atom stereocenters. The lowest BCUT2D eigenvalue weighted by molar-refractivity contribution is -0.124. The molecule has 0 radical (unpaired) electrons. The lowest BCUT2D eigenvalue weighted by atomic mass is 10.0. The van der Waals surface area contributed by atoms with Gasteiger partial charge in [-0.1, -0.05) is 35.9 Å². The summed E-state index contributed by atoms with van der Waals surface area (Å²) < 4.78 is 10.7. The van der Waals surface area contributed by atoms with Crippen LogP contribution in [-0.2, 0) is 19.1 Å². The van der Waals surface area contributed by atoms with Crippen molar-refractivity contribution < 1.29 is 23.9 Å². The number of rotatable bonds is 8. The third kappa shape index (κ3) is 6.50. The average Bonchev–Trinajstić information content (AvgIpc) is 3.40. The molecule has 1 saturated heterocycles. The summed E-state index contributed by atoms with van der Waals surface area (Å²) in [5.41, 5.74) is 2.53. The van der Waals surface area contributed by atoms with Gasteiger partial charge in [-0.05, 0) is 32.3 Å². The van der Waals surface area contributed by atoms with Gasteiger partial charge >= 0.3 is 5.97 Å². The minimum absolute atomic E-state index is 0.0121. The van der Waals surface area contributed by atoms with Crippen molar-refractivity contribution in [2.45, 2.75) is 32.8 Å². The van der Waals surface area contributed by atoms with Crippen molar-refractivity contribution in [2.75, 3.05) is 25.1 Å². The summed E-state index contributed by atoms with van der Waals surface area (Å²) >= 11 is 1.24. The molecule has 31 heavy (non-hydrogen) atoms. The number of nitrogens with one attached hydrogen (secondary N) is 2. The van der Waals surface area contributed by atoms with E-state index in [0.29, 0.717) is 23.7 Å². The number of hydrogen-bond acceptors (Lipinski definition) is 6. The molecule has 2 N–H and O–H groups in total. The van der Waals surface area contributed by atoms with E-state index in [1.807, 2.05) is 44.2 Å². The van der Waals surface area contributed by atoms with Gasteiger partial charge in [0.25, 0.3) is 5.91 Å². The summed E-state index contributed by atoms with van der Waals surface area (Å²) in [6.07, 6.45) is 3.36. The highest BCUT2D eigenvalue weighted by molar-refractivity contribution is 7.15. The Morgan fingerprint density at radius 1 is 1.23 bits per heavy atom. The maximum absolute atomic E-state index is 12.9. The van der Waals surface area contributed by atoms with Gasteiger partial charge in [0, 0.05) is 30.2 Å². The Bertz CT molecular complexity index is 958. The molecule has 0 bridgehead atoms. The first-order valence-corrected chi connectivity index (χ1v) is 11.0. The Morgan fingerprint density at radius 3 is 2.68 bits per heavy atom. The van der Waals surface area contributed by atoms with Gasteiger partial charge in [0.1, 0.15) is 10.6 Å². The van der Waals surface area contributed by atoms with Crippen LogP contribution in [0.1, 0.15) is 37.0 Å². The van der Waals surface area contributed by atoms with Crippen LogP contribution in [0.15, 0.2) is 47.4 Å². The molecule has 164 valence electrons. The van der Waals surface area contributed by atoms with Crippen molar-refractivity contribution in [1.82, 2.24) is 5.32 Å². The number of allylic oxidation sites excluding steroid dienone is 1. The highest BCUT2D eigenvalue weighted by Crippen LogP contribution is 2.36. The largest absolute Gasteiger partial charge is 0.452 e. The third-order valence-corrected chi connectivity index (χ3v) is 5.52. The SMILES string of the molecule is CC(C)=CC(=O)Nc1scc(-c2ccccc2)c1C(=O)OCC(=O)NCC1CCCO1. The molecule has 8 heteroatoms. The quantitative estimate of drug-likeness (QED) is 0.479. The minimum Gasteiger partial charge on any atom is -0.452 e. The number of benzene rings is 1. The van der Waals surface area contributed by atoms with E-state index in [9.17, 15) is 14.4 Å². The van der Waals surface area contributed by atoms with Crippen LogP contribution in [0.5, 0.6) is 0 Å². The molecule has 2 aromatic rings. The van der Waals surface area contributed by atoms with E-state index in [0.717, 1.165) is 24.0 Å². The zero-order chi connectivity index (χ0) is 22.2. The van der Waals surface area contributed by atoms with Crippen LogP contribution >= 0.6 is 11.3 Å². The zero-order valence-corrected chi connectivity index (χ0v) is 18.4. The highest BCUT2D eigenvalue weighted by atomic mass is 32.1. The lowest BCUT2D eigenvalue weighted by Gasteiger charge is -2.12. The summed E-state index contributed by atoms with van der Waals surface area (Å²) in [6.45, 7) is 4.32. The van der Waals surface area contributed by atoms with Crippen molar-refractivity contribution in [2.24, 2.45) is 0 Å². The standard InChI is InChI=1S/C23H26N2O5S/c1-15(2)11-19(26)25-22-21(18(14-31-22)16-7-4-3-5-8-16)23(28)30-13-20(27)24-12-17-9-6-10-29-17/h3-5,7-8,11,14,17H,6,9-10,12-13H2,1-2H3,(H,24,27)(H,25,26). The number of ether oxygens (including phenoxy) is 2. The van der Waals surface area contributed by atoms with E-state index in [-0.39, 0.29) is 17.6 Å². The normalized spacial score (nSPS) is 15.2. The second-order valence-electron chi connectivity index (χ2n) is 7.45. The molecular weight excluding hydrogens is 416 g/mol. The van der Waals surface area contributed by atoms with Crippen molar-refractivity contribution in [1.29, 1.82) is 0 Å². The predicted octanol–water partition coefficient (Wildman–Crippen LogP) is 3.77. The number of hydrogen-bond donors (Lipinski definition) is 2. The van der Waals surface area contributed by atoms with Gasteiger partial charge in [0.15, 0.2) is 6.61 Å². The molecule has 0 spiro atoms. The van der Waals surface area contributed by atoms with Crippen molar-refractivity contribution in [3.8, 4) is 11.1 Å². The van der Waals surface area contributed by atoms with Crippen molar-refractivity contribution in [3.63, 3.8) is 0 Å². The number of carbonyl (C=O) groups excluding carboxylic acids is 3. The maximum atomic E-state index is 12.9. The third-order valence-electron chi connectivity index (χ3n) is 4.62. The fourth-order valence-electron chi connectivity index (χ4n) is 3.18. The first kappa shape index (κ1) is 22.7. The van der Waals surface area contributed by atoms with Crippen LogP contribution in [0.25, 0.3) is 11.1 Å². The molecule has 2 amide bonds. The number of anilines is 1. The molecule has 1 aliphatic rings. The van der Waals surface area contributed by atoms with Gasteiger partial charge in [-0.3, -0.25) is 9.59 Å². The molecule has 7 nitrogen and oxygen atoms in total. The monoisotopic (exact) mass is 442 g/mol. The van der Waals surface area contributed by atoms with E-state index in [4.69, 9.17) is 9.47 Å². The van der Waals surface area contributed by atoms with E-state index in [1.54, 1.807) is 5.38 Å². The smallest absolute Gasteiger partial charge is 0.342 e. The Balaban J connectivity index is 1.72. The van der Waals surface area contributed by atoms with Crippen LogP contribution in [0.2, 0.25) is 0 Å². The first-order chi connectivity index (χ1) is 14.9. The van der Waals surface area contributed by atoms with E-state index in [2.05, 4.69) is 10.6 Å². The molecule has 1 aromatic carbocycles. The Hall–Kier alpha value is -2.97. The van der Waals surface area contributed by atoms with Gasteiger partial charge in [-0.2, -0.15) is 0 Å². The molecule has 0 aliphatic carbocycles. The second kappa shape index (κ2) is 10.9. The van der Waals surface area contributed by atoms with Crippen LogP contribution in [0.3, 0.4) is 0 Å². The lowest BCUT2D eigenvalue weighted by Crippen LogP contribution is -2.34. The van der Waals surface area contributed by atoms with Crippen molar-refractivity contribution in [3.05, 3.63) is 52.9 Å². The van der Waals surface area contributed by atoms with Gasteiger partial charge in [-0.15, -0.1) is 11.3 Å². The van der Waals surface area contributed by atoms with Crippen LogP contribution in [0, 0.1) is 0 Å². The van der Waals surface area contributed by atoms with Crippen LogP contribution in [0.4, 0.5) is 5.00 Å². The Labute approximate surface area is 185 Å². The molecule has 3 rings (SSSR count). The second-order valence-corrected chi connectivity index (χ2v) is 8.33. The van der Waals surface area contributed by atoms with Gasteiger partial charge < -0.3 is 20.1 Å². The van der Waals surface area contributed by atoms with E-state index < -0.39 is 18.5 Å². The summed E-state index contributed by atoms with van der Waals surface area (Å²) in [6, 6.07) is 9.34. The predicted molar refractivity (Wildman–Crippen MR) is 120 cm³/mol. The first-order valence-electron chi connectivity index (χ1n) is 10.1. The summed E-state index contributed by atoms with van der Waals surface area (Å²) in [7, 11) is 0. The van der Waals surface area contributed by atoms with Gasteiger partial charge in [0.05, 0.1) is 6.10 Å². The molecule has 1 fully saturated rings. The zero-order valence-electron chi connectivity index (χ0n) is 17.6. The summed E-state index contributed by atoms with van der Waals surface area (Å²) in [4.78, 5) is 37.2. The Morgan fingerprint density at radius 2 is 2.00 bits per heavy atom. The molecule has 1 aromatic heterocycles. The van der Waals surface area contributed by atoms with Crippen molar-refractivity contribution >= 4 is 34.1 Å². The van der Waals surface area contributed by atoms with Crippen LogP contribution in [-0.4, -0.2) is 43.6 Å². The Kier molecular flexibility index (Phi) is 7.97. The molecule has 1 unspecified atom stereocenters. The topological polar surface area (TPSA) is 93.7 Å². The summed E-state index contributed by atoms with van der Waals surface area (Å²) in [5.74, 6) is -1.39. The van der Waals surface area contributed by atoms with E-state index >= 15 is 0 Å². The number of thiophene rings is 1. The molecular formula is C23H26N2O5S. The minimum atomic E-state index is -0.667.